The van der Waals surface area contributed by atoms with Crippen molar-refractivity contribution in [2.45, 2.75) is 44.7 Å². The number of nitrogens with one attached hydrogen (secondary N) is 2. The molecule has 2 N–H and O–H groups in total. The van der Waals surface area contributed by atoms with Gasteiger partial charge in [-0.2, -0.15) is 0 Å². The van der Waals surface area contributed by atoms with E-state index in [9.17, 15) is 14.4 Å². The third-order valence-corrected chi connectivity index (χ3v) is 6.01. The van der Waals surface area contributed by atoms with Crippen molar-refractivity contribution in [2.75, 3.05) is 20.1 Å². The molecule has 2 aromatic rings. The predicted octanol–water partition coefficient (Wildman–Crippen LogP) is 1.26. The summed E-state index contributed by atoms with van der Waals surface area (Å²) in [6.07, 6.45) is 8.43. The van der Waals surface area contributed by atoms with Crippen molar-refractivity contribution < 1.29 is 9.59 Å². The summed E-state index contributed by atoms with van der Waals surface area (Å²) >= 11 is 0. The van der Waals surface area contributed by atoms with Crippen LogP contribution in [0.4, 0.5) is 0 Å². The second-order valence-corrected chi connectivity index (χ2v) is 8.71. The smallest absolute Gasteiger partial charge is 0.268 e. The molecule has 164 valence electrons. The minimum Gasteiger partial charge on any atom is -0.353 e. The molecule has 31 heavy (non-hydrogen) atoms. The molecule has 3 heterocycles. The van der Waals surface area contributed by atoms with Gasteiger partial charge >= 0.3 is 0 Å². The number of hydrogen-bond donors (Lipinski definition) is 2. The summed E-state index contributed by atoms with van der Waals surface area (Å²) in [7, 11) is 1.96. The van der Waals surface area contributed by atoms with Gasteiger partial charge in [0.15, 0.2) is 0 Å². The Balaban J connectivity index is 1.48. The number of aromatic nitrogens is 2. The molecule has 2 atom stereocenters. The number of carbonyl (C=O) groups excluding carboxylic acids is 2. The quantitative estimate of drug-likeness (QED) is 0.755. The van der Waals surface area contributed by atoms with E-state index in [1.807, 2.05) is 7.05 Å². The molecule has 1 aliphatic carbocycles. The second kappa shape index (κ2) is 9.01. The van der Waals surface area contributed by atoms with Gasteiger partial charge in [0.1, 0.15) is 5.56 Å². The van der Waals surface area contributed by atoms with Gasteiger partial charge < -0.3 is 15.5 Å². The molecule has 4 rings (SSSR count). The van der Waals surface area contributed by atoms with Crippen LogP contribution in [-0.4, -0.2) is 58.5 Å². The zero-order valence-corrected chi connectivity index (χ0v) is 18.0. The van der Waals surface area contributed by atoms with Crippen LogP contribution in [0.5, 0.6) is 0 Å². The van der Waals surface area contributed by atoms with Gasteiger partial charge in [-0.25, -0.2) is 0 Å². The molecule has 0 unspecified atom stereocenters. The van der Waals surface area contributed by atoms with E-state index in [1.165, 1.54) is 4.57 Å². The average Bonchev–Trinajstić information content (AvgIpc) is 3.56. The maximum Gasteiger partial charge on any atom is 0.268 e. The number of nitrogens with zero attached hydrogens (tertiary/aromatic N) is 3. The van der Waals surface area contributed by atoms with Crippen LogP contribution >= 0.6 is 0 Å². The lowest BCUT2D eigenvalue weighted by Gasteiger charge is -2.22. The highest BCUT2D eigenvalue weighted by Gasteiger charge is 2.31. The molecule has 0 bridgehead atoms. The lowest BCUT2D eigenvalue weighted by molar-refractivity contribution is -0.125. The van der Waals surface area contributed by atoms with Gasteiger partial charge in [-0.05, 0) is 63.4 Å². The van der Waals surface area contributed by atoms with Gasteiger partial charge in [0, 0.05) is 37.6 Å². The molecular weight excluding hydrogens is 394 g/mol. The number of amides is 2. The number of likely N-dealkylation sites (N-methyl/N-ethyl adjacent to an activating group) is 1. The van der Waals surface area contributed by atoms with Gasteiger partial charge in [0.2, 0.25) is 5.91 Å². The van der Waals surface area contributed by atoms with E-state index >= 15 is 0 Å². The number of rotatable bonds is 5. The lowest BCUT2D eigenvalue weighted by atomic mass is 10.0. The van der Waals surface area contributed by atoms with Crippen molar-refractivity contribution in [3.8, 4) is 5.69 Å². The van der Waals surface area contributed by atoms with Crippen molar-refractivity contribution >= 4 is 11.8 Å². The van der Waals surface area contributed by atoms with E-state index < -0.39 is 0 Å². The predicted molar refractivity (Wildman–Crippen MR) is 117 cm³/mol. The summed E-state index contributed by atoms with van der Waals surface area (Å²) in [5.74, 6) is -0.339. The molecule has 8 heteroatoms. The first-order chi connectivity index (χ1) is 14.9. The topological polar surface area (TPSA) is 96.3 Å². The fourth-order valence-electron chi connectivity index (χ4n) is 4.15. The van der Waals surface area contributed by atoms with Gasteiger partial charge in [-0.15, -0.1) is 0 Å². The summed E-state index contributed by atoms with van der Waals surface area (Å²) in [6.45, 7) is 3.08. The van der Waals surface area contributed by atoms with Crippen molar-refractivity contribution in [3.05, 3.63) is 58.3 Å². The van der Waals surface area contributed by atoms with Crippen LogP contribution in [0, 0.1) is 12.8 Å². The maximum atomic E-state index is 13.1. The summed E-state index contributed by atoms with van der Waals surface area (Å²) < 4.78 is 1.44. The molecule has 0 radical (unpaired) electrons. The van der Waals surface area contributed by atoms with E-state index in [0.717, 1.165) is 12.8 Å². The van der Waals surface area contributed by atoms with Gasteiger partial charge in [-0.1, -0.05) is 0 Å². The van der Waals surface area contributed by atoms with E-state index in [0.29, 0.717) is 43.2 Å². The lowest BCUT2D eigenvalue weighted by Crippen LogP contribution is -2.44. The third kappa shape index (κ3) is 5.02. The molecule has 0 aromatic carbocycles. The molecule has 8 nitrogen and oxygen atoms in total. The summed E-state index contributed by atoms with van der Waals surface area (Å²) in [5.41, 5.74) is 1.02. The summed E-state index contributed by atoms with van der Waals surface area (Å²) in [5, 5.41) is 6.13. The molecule has 2 aromatic heterocycles. The van der Waals surface area contributed by atoms with E-state index in [1.54, 1.807) is 43.7 Å². The van der Waals surface area contributed by atoms with Crippen molar-refractivity contribution in [2.24, 2.45) is 5.92 Å². The number of carbonyl (C=O) groups is 2. The number of pyridine rings is 2. The normalized spacial score (nSPS) is 21.9. The van der Waals surface area contributed by atoms with Gasteiger partial charge in [0.05, 0.1) is 17.8 Å². The molecule has 1 aliphatic heterocycles. The molecular formula is C23H29N5O3. The SMILES string of the molecule is Cc1ccn(-c2cccnc2)c(=O)c1C(=O)N[C@H]1CC[C@@H](C(=O)NC2CC2)CN(C)C1. The summed E-state index contributed by atoms with van der Waals surface area (Å²) in [6, 6.07) is 5.51. The Morgan fingerprint density at radius 1 is 1.06 bits per heavy atom. The Morgan fingerprint density at radius 3 is 2.55 bits per heavy atom. The van der Waals surface area contributed by atoms with Crippen LogP contribution in [0.3, 0.4) is 0 Å². The monoisotopic (exact) mass is 423 g/mol. The van der Waals surface area contributed by atoms with Crippen LogP contribution in [0.15, 0.2) is 41.6 Å². The third-order valence-electron chi connectivity index (χ3n) is 6.01. The van der Waals surface area contributed by atoms with Crippen molar-refractivity contribution in [3.63, 3.8) is 0 Å². The highest BCUT2D eigenvalue weighted by atomic mass is 16.2. The largest absolute Gasteiger partial charge is 0.353 e. The number of likely N-dealkylation sites (tertiary alicyclic amines) is 1. The van der Waals surface area contributed by atoms with Crippen molar-refractivity contribution in [1.82, 2.24) is 25.1 Å². The molecule has 1 saturated heterocycles. The highest BCUT2D eigenvalue weighted by Crippen LogP contribution is 2.22. The zero-order valence-electron chi connectivity index (χ0n) is 18.0. The minimum atomic E-state index is -0.375. The fourth-order valence-corrected chi connectivity index (χ4v) is 4.15. The minimum absolute atomic E-state index is 0.0752. The first kappa shape index (κ1) is 21.2. The first-order valence-electron chi connectivity index (χ1n) is 10.8. The molecule has 2 amide bonds. The Labute approximate surface area is 181 Å². The van der Waals surface area contributed by atoms with Crippen LogP contribution < -0.4 is 16.2 Å². The van der Waals surface area contributed by atoms with Crippen LogP contribution in [0.1, 0.15) is 41.6 Å². The molecule has 2 fully saturated rings. The van der Waals surface area contributed by atoms with Crippen molar-refractivity contribution in [1.29, 1.82) is 0 Å². The Bertz CT molecular complexity index is 1020. The van der Waals surface area contributed by atoms with Gasteiger partial charge in [-0.3, -0.25) is 23.9 Å². The van der Waals surface area contributed by atoms with Crippen LogP contribution in [-0.2, 0) is 4.79 Å². The zero-order chi connectivity index (χ0) is 22.0. The Kier molecular flexibility index (Phi) is 6.18. The van der Waals surface area contributed by atoms with E-state index in [-0.39, 0.29) is 34.9 Å². The average molecular weight is 424 g/mol. The second-order valence-electron chi connectivity index (χ2n) is 8.71. The molecule has 2 aliphatic rings. The van der Waals surface area contributed by atoms with E-state index in [4.69, 9.17) is 0 Å². The summed E-state index contributed by atoms with van der Waals surface area (Å²) in [4.78, 5) is 44.8. The molecule has 0 spiro atoms. The first-order valence-corrected chi connectivity index (χ1v) is 10.8. The van der Waals surface area contributed by atoms with Crippen LogP contribution in [0.25, 0.3) is 5.69 Å². The van der Waals surface area contributed by atoms with E-state index in [2.05, 4.69) is 20.5 Å². The van der Waals surface area contributed by atoms with Gasteiger partial charge in [0.25, 0.3) is 11.5 Å². The number of aryl methyl sites for hydroxylation is 1. The standard InChI is InChI=1S/C23H29N5O3/c1-15-9-11-28(19-4-3-10-24-12-19)23(31)20(15)22(30)26-18-6-5-16(13-27(2)14-18)21(29)25-17-7-8-17/h3-4,9-12,16-18H,5-8,13-14H2,1-2H3,(H,25,29)(H,26,30)/t16-,18+/m1/s1. The Hall–Kier alpha value is -3.00. The fraction of sp³-hybridized carbons (Fsp3) is 0.478. The molecule has 1 saturated carbocycles. The maximum absolute atomic E-state index is 13.1. The highest BCUT2D eigenvalue weighted by molar-refractivity contribution is 5.95. The number of hydrogen-bond acceptors (Lipinski definition) is 5. The Morgan fingerprint density at radius 2 is 1.84 bits per heavy atom. The van der Waals surface area contributed by atoms with Crippen LogP contribution in [0.2, 0.25) is 0 Å².